The molecular weight excluding hydrogens is 322 g/mol. The first-order valence-corrected chi connectivity index (χ1v) is 9.79. The standard InChI is InChI=1S/C23H23NS/c1-4-17-14-15-21-23(22(17)18-10-6-5-7-11-18)24(16(2)3)19-12-8-9-13-20(19)25-21/h5-16H,4H2,1-3H3. The van der Waals surface area contributed by atoms with Crippen LogP contribution >= 0.6 is 11.8 Å². The summed E-state index contributed by atoms with van der Waals surface area (Å²) < 4.78 is 0. The normalized spacial score (nSPS) is 12.9. The summed E-state index contributed by atoms with van der Waals surface area (Å²) in [6, 6.07) is 24.6. The molecule has 1 nitrogen and oxygen atoms in total. The number of anilines is 2. The van der Waals surface area contributed by atoms with Crippen LogP contribution in [0.3, 0.4) is 0 Å². The van der Waals surface area contributed by atoms with Crippen LogP contribution in [-0.2, 0) is 6.42 Å². The molecule has 25 heavy (non-hydrogen) atoms. The lowest BCUT2D eigenvalue weighted by Gasteiger charge is -2.38. The number of aryl methyl sites for hydroxylation is 1. The maximum absolute atomic E-state index is 2.52. The highest BCUT2D eigenvalue weighted by Crippen LogP contribution is 2.53. The molecule has 1 heterocycles. The zero-order valence-electron chi connectivity index (χ0n) is 15.0. The predicted octanol–water partition coefficient (Wildman–Crippen LogP) is 6.93. The van der Waals surface area contributed by atoms with Crippen LogP contribution in [0.2, 0.25) is 0 Å². The third-order valence-electron chi connectivity index (χ3n) is 4.77. The third-order valence-corrected chi connectivity index (χ3v) is 5.89. The van der Waals surface area contributed by atoms with Crippen LogP contribution in [0.1, 0.15) is 26.3 Å². The molecule has 4 rings (SSSR count). The second-order valence-corrected chi connectivity index (χ2v) is 7.78. The molecule has 1 aliphatic heterocycles. The molecule has 1 aliphatic rings. The van der Waals surface area contributed by atoms with Gasteiger partial charge in [0.2, 0.25) is 0 Å². The van der Waals surface area contributed by atoms with Crippen molar-refractivity contribution in [1.82, 2.24) is 0 Å². The Morgan fingerprint density at radius 2 is 1.56 bits per heavy atom. The van der Waals surface area contributed by atoms with Gasteiger partial charge in [0.1, 0.15) is 0 Å². The van der Waals surface area contributed by atoms with Crippen LogP contribution < -0.4 is 4.90 Å². The van der Waals surface area contributed by atoms with Crippen LogP contribution in [0.15, 0.2) is 76.5 Å². The highest BCUT2D eigenvalue weighted by Gasteiger charge is 2.29. The molecule has 0 saturated carbocycles. The van der Waals surface area contributed by atoms with Crippen LogP contribution in [-0.4, -0.2) is 6.04 Å². The smallest absolute Gasteiger partial charge is 0.0637 e. The first-order valence-electron chi connectivity index (χ1n) is 8.98. The monoisotopic (exact) mass is 345 g/mol. The van der Waals surface area contributed by atoms with Gasteiger partial charge in [-0.05, 0) is 49.6 Å². The molecule has 0 radical (unpaired) electrons. The van der Waals surface area contributed by atoms with E-state index in [1.807, 2.05) is 11.8 Å². The van der Waals surface area contributed by atoms with Crippen molar-refractivity contribution in [2.75, 3.05) is 4.90 Å². The summed E-state index contributed by atoms with van der Waals surface area (Å²) in [5.41, 5.74) is 6.79. The summed E-state index contributed by atoms with van der Waals surface area (Å²) in [6.45, 7) is 6.81. The quantitative estimate of drug-likeness (QED) is 0.506. The lowest BCUT2D eigenvalue weighted by atomic mass is 9.94. The Balaban J connectivity index is 2.03. The van der Waals surface area contributed by atoms with Gasteiger partial charge >= 0.3 is 0 Å². The van der Waals surface area contributed by atoms with Gasteiger partial charge in [0.05, 0.1) is 11.4 Å². The summed E-state index contributed by atoms with van der Waals surface area (Å²) in [7, 11) is 0. The largest absolute Gasteiger partial charge is 0.337 e. The van der Waals surface area contributed by atoms with Crippen molar-refractivity contribution in [2.45, 2.75) is 43.0 Å². The molecule has 2 heteroatoms. The van der Waals surface area contributed by atoms with E-state index in [1.165, 1.54) is 37.9 Å². The van der Waals surface area contributed by atoms with Gasteiger partial charge < -0.3 is 4.90 Å². The van der Waals surface area contributed by atoms with Gasteiger partial charge in [0.25, 0.3) is 0 Å². The van der Waals surface area contributed by atoms with Crippen LogP contribution in [0.5, 0.6) is 0 Å². The molecular formula is C23H23NS. The van der Waals surface area contributed by atoms with E-state index in [9.17, 15) is 0 Å². The first-order chi connectivity index (χ1) is 12.2. The number of fused-ring (bicyclic) bond motifs is 2. The summed E-state index contributed by atoms with van der Waals surface area (Å²) in [4.78, 5) is 5.21. The Hall–Kier alpha value is -2.19. The molecule has 0 atom stereocenters. The minimum atomic E-state index is 0.398. The molecule has 0 amide bonds. The fourth-order valence-corrected chi connectivity index (χ4v) is 4.76. The maximum Gasteiger partial charge on any atom is 0.0637 e. The fraction of sp³-hybridized carbons (Fsp3) is 0.217. The van der Waals surface area contributed by atoms with Crippen molar-refractivity contribution in [3.05, 3.63) is 72.3 Å². The number of rotatable bonds is 3. The zero-order valence-corrected chi connectivity index (χ0v) is 15.8. The van der Waals surface area contributed by atoms with Gasteiger partial charge in [0, 0.05) is 21.4 Å². The van der Waals surface area contributed by atoms with Gasteiger partial charge in [-0.25, -0.2) is 0 Å². The van der Waals surface area contributed by atoms with E-state index in [0.29, 0.717) is 6.04 Å². The number of para-hydroxylation sites is 1. The molecule has 0 fully saturated rings. The Kier molecular flexibility index (Phi) is 4.30. The Bertz CT molecular complexity index is 899. The second kappa shape index (κ2) is 6.61. The Morgan fingerprint density at radius 1 is 0.840 bits per heavy atom. The minimum Gasteiger partial charge on any atom is -0.337 e. The Labute approximate surface area is 154 Å². The van der Waals surface area contributed by atoms with Crippen molar-refractivity contribution in [2.24, 2.45) is 0 Å². The van der Waals surface area contributed by atoms with E-state index in [0.717, 1.165) is 6.42 Å². The van der Waals surface area contributed by atoms with Crippen molar-refractivity contribution in [3.8, 4) is 11.1 Å². The Morgan fingerprint density at radius 3 is 2.28 bits per heavy atom. The number of nitrogens with zero attached hydrogens (tertiary/aromatic N) is 1. The predicted molar refractivity (Wildman–Crippen MR) is 109 cm³/mol. The lowest BCUT2D eigenvalue weighted by Crippen LogP contribution is -2.29. The molecule has 0 aromatic heterocycles. The zero-order chi connectivity index (χ0) is 17.4. The van der Waals surface area contributed by atoms with E-state index >= 15 is 0 Å². The average Bonchev–Trinajstić information content (AvgIpc) is 2.65. The highest BCUT2D eigenvalue weighted by atomic mass is 32.2. The van der Waals surface area contributed by atoms with Gasteiger partial charge in [-0.1, -0.05) is 67.2 Å². The van der Waals surface area contributed by atoms with Crippen LogP contribution in [0, 0.1) is 0 Å². The molecule has 0 saturated heterocycles. The fourth-order valence-electron chi connectivity index (χ4n) is 3.67. The topological polar surface area (TPSA) is 3.24 Å². The minimum absolute atomic E-state index is 0.398. The van der Waals surface area contributed by atoms with E-state index in [1.54, 1.807) is 0 Å². The molecule has 0 spiro atoms. The summed E-state index contributed by atoms with van der Waals surface area (Å²) in [5.74, 6) is 0. The summed E-state index contributed by atoms with van der Waals surface area (Å²) in [6.07, 6.45) is 1.04. The molecule has 3 aromatic carbocycles. The molecule has 3 aromatic rings. The third kappa shape index (κ3) is 2.75. The van der Waals surface area contributed by atoms with Gasteiger partial charge in [0.15, 0.2) is 0 Å². The van der Waals surface area contributed by atoms with Crippen molar-refractivity contribution in [3.63, 3.8) is 0 Å². The number of benzene rings is 3. The maximum atomic E-state index is 2.52. The molecule has 0 aliphatic carbocycles. The SMILES string of the molecule is CCc1ccc2c(c1-c1ccccc1)N(C(C)C)c1ccccc1S2. The molecule has 0 bridgehead atoms. The second-order valence-electron chi connectivity index (χ2n) is 6.70. The van der Waals surface area contributed by atoms with E-state index in [2.05, 4.69) is 92.4 Å². The van der Waals surface area contributed by atoms with Gasteiger partial charge in [-0.15, -0.1) is 0 Å². The molecule has 0 unspecified atom stereocenters. The average molecular weight is 346 g/mol. The lowest BCUT2D eigenvalue weighted by molar-refractivity contribution is 0.772. The first kappa shape index (κ1) is 16.3. The summed E-state index contributed by atoms with van der Waals surface area (Å²) in [5, 5.41) is 0. The van der Waals surface area contributed by atoms with Crippen LogP contribution in [0.4, 0.5) is 11.4 Å². The summed E-state index contributed by atoms with van der Waals surface area (Å²) >= 11 is 1.89. The molecule has 126 valence electrons. The van der Waals surface area contributed by atoms with Gasteiger partial charge in [-0.2, -0.15) is 0 Å². The highest BCUT2D eigenvalue weighted by molar-refractivity contribution is 7.99. The van der Waals surface area contributed by atoms with E-state index < -0.39 is 0 Å². The molecule has 0 N–H and O–H groups in total. The van der Waals surface area contributed by atoms with Crippen molar-refractivity contribution >= 4 is 23.1 Å². The van der Waals surface area contributed by atoms with E-state index in [4.69, 9.17) is 0 Å². The van der Waals surface area contributed by atoms with Crippen molar-refractivity contribution in [1.29, 1.82) is 0 Å². The van der Waals surface area contributed by atoms with Crippen molar-refractivity contribution < 1.29 is 0 Å². The van der Waals surface area contributed by atoms with Crippen LogP contribution in [0.25, 0.3) is 11.1 Å². The van der Waals surface area contributed by atoms with E-state index in [-0.39, 0.29) is 0 Å². The van der Waals surface area contributed by atoms with Gasteiger partial charge in [-0.3, -0.25) is 0 Å². The number of hydrogen-bond donors (Lipinski definition) is 0. The number of hydrogen-bond acceptors (Lipinski definition) is 2.